The molecule has 0 amide bonds. The van der Waals surface area contributed by atoms with Crippen molar-refractivity contribution in [1.29, 1.82) is 0 Å². The Labute approximate surface area is 141 Å². The van der Waals surface area contributed by atoms with Crippen LogP contribution in [0.3, 0.4) is 0 Å². The maximum absolute atomic E-state index is 13.4. The van der Waals surface area contributed by atoms with Gasteiger partial charge in [-0.05, 0) is 72.8 Å². The highest BCUT2D eigenvalue weighted by molar-refractivity contribution is 5.63. The predicted molar refractivity (Wildman–Crippen MR) is 91.4 cm³/mol. The van der Waals surface area contributed by atoms with Crippen LogP contribution < -0.4 is 0 Å². The highest BCUT2D eigenvalue weighted by atomic mass is 19.2. The van der Waals surface area contributed by atoms with Gasteiger partial charge in [-0.25, -0.2) is 13.2 Å². The molecular weight excluding hydrogens is 309 g/mol. The topological polar surface area (TPSA) is 0 Å². The van der Waals surface area contributed by atoms with Crippen molar-refractivity contribution < 1.29 is 13.2 Å². The molecule has 2 aromatic carbocycles. The molecule has 3 rings (SSSR count). The van der Waals surface area contributed by atoms with Crippen molar-refractivity contribution in [2.24, 2.45) is 5.92 Å². The van der Waals surface area contributed by atoms with Crippen molar-refractivity contribution in [3.63, 3.8) is 0 Å². The van der Waals surface area contributed by atoms with Crippen molar-refractivity contribution in [2.75, 3.05) is 0 Å². The molecule has 0 saturated heterocycles. The molecule has 0 bridgehead atoms. The lowest BCUT2D eigenvalue weighted by atomic mass is 9.77. The number of rotatable bonds is 4. The van der Waals surface area contributed by atoms with E-state index in [2.05, 4.69) is 12.1 Å². The number of benzene rings is 2. The smallest absolute Gasteiger partial charge is 0.159 e. The van der Waals surface area contributed by atoms with Gasteiger partial charge >= 0.3 is 0 Å². The van der Waals surface area contributed by atoms with Gasteiger partial charge in [0, 0.05) is 0 Å². The molecule has 0 atom stereocenters. The first-order valence-electron chi connectivity index (χ1n) is 8.48. The number of hydrogen-bond donors (Lipinski definition) is 0. The Morgan fingerprint density at radius 3 is 2.12 bits per heavy atom. The van der Waals surface area contributed by atoms with Crippen LogP contribution in [0.2, 0.25) is 0 Å². The average molecular weight is 330 g/mol. The second kappa shape index (κ2) is 7.69. The van der Waals surface area contributed by atoms with Gasteiger partial charge in [-0.15, -0.1) is 0 Å². The van der Waals surface area contributed by atoms with Crippen LogP contribution in [0.25, 0.3) is 11.1 Å². The monoisotopic (exact) mass is 330 g/mol. The Hall–Kier alpha value is -2.03. The van der Waals surface area contributed by atoms with E-state index in [0.29, 0.717) is 23.7 Å². The van der Waals surface area contributed by atoms with Crippen molar-refractivity contribution in [3.8, 4) is 11.1 Å². The first kappa shape index (κ1) is 16.8. The molecule has 1 fully saturated rings. The van der Waals surface area contributed by atoms with Crippen LogP contribution in [-0.2, 0) is 0 Å². The van der Waals surface area contributed by atoms with Gasteiger partial charge in [-0.3, -0.25) is 0 Å². The van der Waals surface area contributed by atoms with Crippen LogP contribution in [-0.4, -0.2) is 0 Å². The third kappa shape index (κ3) is 3.89. The van der Waals surface area contributed by atoms with E-state index < -0.39 is 11.6 Å². The molecule has 2 aromatic rings. The predicted octanol–water partition coefficient (Wildman–Crippen LogP) is 6.78. The van der Waals surface area contributed by atoms with Gasteiger partial charge in [0.05, 0.1) is 6.33 Å². The summed E-state index contributed by atoms with van der Waals surface area (Å²) in [6, 6.07) is 12.1. The number of halogens is 3. The maximum Gasteiger partial charge on any atom is 0.159 e. The fraction of sp³-hybridized carbons (Fsp3) is 0.333. The van der Waals surface area contributed by atoms with Crippen LogP contribution in [0.4, 0.5) is 13.2 Å². The minimum absolute atomic E-state index is 0.537. The van der Waals surface area contributed by atoms with Crippen molar-refractivity contribution in [3.05, 3.63) is 72.1 Å². The molecule has 0 unspecified atom stereocenters. The molecule has 0 spiro atoms. The summed E-state index contributed by atoms with van der Waals surface area (Å²) in [6.07, 6.45) is 7.58. The molecule has 1 aliphatic carbocycles. The Balaban J connectivity index is 1.66. The Morgan fingerprint density at radius 1 is 0.833 bits per heavy atom. The summed E-state index contributed by atoms with van der Waals surface area (Å²) >= 11 is 0. The van der Waals surface area contributed by atoms with Crippen LogP contribution in [0.1, 0.15) is 43.6 Å². The molecule has 1 aliphatic rings. The van der Waals surface area contributed by atoms with Crippen molar-refractivity contribution in [2.45, 2.75) is 38.0 Å². The van der Waals surface area contributed by atoms with Gasteiger partial charge < -0.3 is 0 Å². The van der Waals surface area contributed by atoms with Gasteiger partial charge in [0.15, 0.2) is 11.6 Å². The van der Waals surface area contributed by atoms with Crippen LogP contribution in [0, 0.1) is 17.6 Å². The molecule has 0 aliphatic heterocycles. The number of hydrogen-bond acceptors (Lipinski definition) is 0. The molecule has 0 N–H and O–H groups in total. The van der Waals surface area contributed by atoms with Gasteiger partial charge in [0.2, 0.25) is 0 Å². The largest absolute Gasteiger partial charge is 0.216 e. The second-order valence-corrected chi connectivity index (χ2v) is 6.57. The van der Waals surface area contributed by atoms with E-state index in [9.17, 15) is 13.2 Å². The zero-order valence-corrected chi connectivity index (χ0v) is 13.5. The molecule has 1 saturated carbocycles. The summed E-state index contributed by atoms with van der Waals surface area (Å²) in [5, 5.41) is 0. The van der Waals surface area contributed by atoms with E-state index in [0.717, 1.165) is 43.7 Å². The maximum atomic E-state index is 13.4. The molecule has 3 heteroatoms. The summed E-state index contributed by atoms with van der Waals surface area (Å²) in [5.74, 6) is -0.517. The molecular formula is C21H21F3. The summed E-state index contributed by atoms with van der Waals surface area (Å²) in [6.45, 7) is 0. The zero-order chi connectivity index (χ0) is 16.9. The normalized spacial score (nSPS) is 21.3. The summed E-state index contributed by atoms with van der Waals surface area (Å²) in [5.41, 5.74) is 2.86. The average Bonchev–Trinajstić information content (AvgIpc) is 2.63. The lowest BCUT2D eigenvalue weighted by Crippen LogP contribution is -2.12. The van der Waals surface area contributed by atoms with Gasteiger partial charge in [-0.2, -0.15) is 0 Å². The first-order chi connectivity index (χ1) is 11.7. The Bertz CT molecular complexity index is 696. The molecule has 0 heterocycles. The van der Waals surface area contributed by atoms with Crippen molar-refractivity contribution >= 4 is 0 Å². The van der Waals surface area contributed by atoms with E-state index in [4.69, 9.17) is 0 Å². The fourth-order valence-electron chi connectivity index (χ4n) is 3.60. The lowest BCUT2D eigenvalue weighted by molar-refractivity contribution is 0.327. The van der Waals surface area contributed by atoms with E-state index in [1.165, 1.54) is 11.6 Å². The molecule has 0 radical (unpaired) electrons. The zero-order valence-electron chi connectivity index (χ0n) is 13.5. The van der Waals surface area contributed by atoms with Gasteiger partial charge in [0.1, 0.15) is 0 Å². The molecule has 0 aromatic heterocycles. The van der Waals surface area contributed by atoms with E-state index in [1.54, 1.807) is 12.1 Å². The summed E-state index contributed by atoms with van der Waals surface area (Å²) in [4.78, 5) is 0. The lowest BCUT2D eigenvalue weighted by Gasteiger charge is -2.28. The van der Waals surface area contributed by atoms with E-state index >= 15 is 0 Å². The molecule has 126 valence electrons. The Morgan fingerprint density at radius 2 is 1.50 bits per heavy atom. The minimum atomic E-state index is -0.824. The van der Waals surface area contributed by atoms with Crippen LogP contribution >= 0.6 is 0 Å². The summed E-state index contributed by atoms with van der Waals surface area (Å²) < 4.78 is 38.5. The molecule has 24 heavy (non-hydrogen) atoms. The minimum Gasteiger partial charge on any atom is -0.216 e. The highest BCUT2D eigenvalue weighted by Gasteiger charge is 2.21. The quantitative estimate of drug-likeness (QED) is 0.579. The second-order valence-electron chi connectivity index (χ2n) is 6.57. The van der Waals surface area contributed by atoms with Gasteiger partial charge in [0.25, 0.3) is 0 Å². The molecule has 0 nitrogen and oxygen atoms in total. The third-order valence-corrected chi connectivity index (χ3v) is 5.04. The third-order valence-electron chi connectivity index (χ3n) is 5.04. The van der Waals surface area contributed by atoms with E-state index in [1.807, 2.05) is 12.1 Å². The van der Waals surface area contributed by atoms with Crippen LogP contribution in [0.5, 0.6) is 0 Å². The summed E-state index contributed by atoms with van der Waals surface area (Å²) in [7, 11) is 0. The van der Waals surface area contributed by atoms with Gasteiger partial charge in [-0.1, -0.05) is 36.4 Å². The van der Waals surface area contributed by atoms with Crippen molar-refractivity contribution in [1.82, 2.24) is 0 Å². The first-order valence-corrected chi connectivity index (χ1v) is 8.48. The SMILES string of the molecule is F/C=C/CC1CCC(c2ccc(-c3ccc(F)c(F)c3)cc2)CC1. The highest BCUT2D eigenvalue weighted by Crippen LogP contribution is 2.37. The standard InChI is InChI=1S/C21H21F3/c22-13-1-2-15-3-5-16(6-4-15)17-7-9-18(10-8-17)19-11-12-20(23)21(24)14-19/h1,7-16H,2-6H2/b13-1+. The van der Waals surface area contributed by atoms with Crippen LogP contribution in [0.15, 0.2) is 54.9 Å². The Kier molecular flexibility index (Phi) is 5.39. The number of allylic oxidation sites excluding steroid dienone is 1. The fourth-order valence-corrected chi connectivity index (χ4v) is 3.60. The van der Waals surface area contributed by atoms with E-state index in [-0.39, 0.29) is 0 Å².